The summed E-state index contributed by atoms with van der Waals surface area (Å²) >= 11 is 6.36. The molecule has 4 heteroatoms. The van der Waals surface area contributed by atoms with E-state index in [4.69, 9.17) is 11.6 Å². The summed E-state index contributed by atoms with van der Waals surface area (Å²) in [7, 11) is 1.98. The standard InChI is InChI=1S/C17H24ClN3/c1-5-6-21-17(15(18)11-20-21)16(19-4)10-14-8-12(2)7-13(3)9-14/h7-9,11,16,19H,5-6,10H2,1-4H3. The molecule has 0 radical (unpaired) electrons. The third-order valence-corrected chi connectivity index (χ3v) is 3.96. The maximum absolute atomic E-state index is 6.36. The average molecular weight is 306 g/mol. The first kappa shape index (κ1) is 16.1. The number of aryl methyl sites for hydroxylation is 3. The topological polar surface area (TPSA) is 29.9 Å². The van der Waals surface area contributed by atoms with Crippen LogP contribution in [0.15, 0.2) is 24.4 Å². The Morgan fingerprint density at radius 2 is 1.90 bits per heavy atom. The van der Waals surface area contributed by atoms with E-state index in [1.54, 1.807) is 6.20 Å². The molecule has 0 fully saturated rings. The van der Waals surface area contributed by atoms with Gasteiger partial charge >= 0.3 is 0 Å². The molecule has 0 spiro atoms. The van der Waals surface area contributed by atoms with Gasteiger partial charge in [-0.1, -0.05) is 47.9 Å². The molecule has 1 atom stereocenters. The van der Waals surface area contributed by atoms with Gasteiger partial charge in [0.25, 0.3) is 0 Å². The number of nitrogens with one attached hydrogen (secondary N) is 1. The van der Waals surface area contributed by atoms with E-state index in [1.165, 1.54) is 16.7 Å². The summed E-state index contributed by atoms with van der Waals surface area (Å²) in [5.41, 5.74) is 5.01. The van der Waals surface area contributed by atoms with E-state index in [9.17, 15) is 0 Å². The van der Waals surface area contributed by atoms with Gasteiger partial charge < -0.3 is 5.32 Å². The third-order valence-electron chi connectivity index (χ3n) is 3.67. The molecule has 114 valence electrons. The van der Waals surface area contributed by atoms with Gasteiger partial charge in [0.05, 0.1) is 23.0 Å². The minimum Gasteiger partial charge on any atom is -0.311 e. The molecule has 2 rings (SSSR count). The summed E-state index contributed by atoms with van der Waals surface area (Å²) in [5.74, 6) is 0. The summed E-state index contributed by atoms with van der Waals surface area (Å²) in [5, 5.41) is 8.52. The number of halogens is 1. The summed E-state index contributed by atoms with van der Waals surface area (Å²) < 4.78 is 2.02. The maximum atomic E-state index is 6.36. The molecule has 0 aliphatic carbocycles. The molecular formula is C17H24ClN3. The van der Waals surface area contributed by atoms with Crippen molar-refractivity contribution in [2.75, 3.05) is 7.05 Å². The summed E-state index contributed by atoms with van der Waals surface area (Å²) in [6, 6.07) is 6.86. The fourth-order valence-electron chi connectivity index (χ4n) is 2.87. The molecule has 2 aromatic rings. The van der Waals surface area contributed by atoms with Gasteiger partial charge in [0.1, 0.15) is 0 Å². The molecule has 0 amide bonds. The van der Waals surface area contributed by atoms with Crippen LogP contribution < -0.4 is 5.32 Å². The largest absolute Gasteiger partial charge is 0.311 e. The Bertz CT molecular complexity index is 584. The second kappa shape index (κ2) is 7.10. The second-order valence-corrected chi connectivity index (χ2v) is 6.05. The number of aromatic nitrogens is 2. The number of rotatable bonds is 6. The van der Waals surface area contributed by atoms with Crippen LogP contribution in [0.1, 0.15) is 41.8 Å². The fourth-order valence-corrected chi connectivity index (χ4v) is 3.14. The molecule has 1 heterocycles. The van der Waals surface area contributed by atoms with E-state index in [1.807, 2.05) is 11.7 Å². The fraction of sp³-hybridized carbons (Fsp3) is 0.471. The van der Waals surface area contributed by atoms with Crippen LogP contribution in [0.2, 0.25) is 5.02 Å². The number of nitrogens with zero attached hydrogens (tertiary/aromatic N) is 2. The van der Waals surface area contributed by atoms with Gasteiger partial charge in [-0.15, -0.1) is 0 Å². The lowest BCUT2D eigenvalue weighted by atomic mass is 9.99. The highest BCUT2D eigenvalue weighted by Gasteiger charge is 2.19. The highest BCUT2D eigenvalue weighted by molar-refractivity contribution is 6.31. The summed E-state index contributed by atoms with van der Waals surface area (Å²) in [6.07, 6.45) is 3.71. The average Bonchev–Trinajstić information content (AvgIpc) is 2.77. The quantitative estimate of drug-likeness (QED) is 0.872. The highest BCUT2D eigenvalue weighted by Crippen LogP contribution is 2.26. The second-order valence-electron chi connectivity index (χ2n) is 5.64. The zero-order valence-corrected chi connectivity index (χ0v) is 14.0. The summed E-state index contributed by atoms with van der Waals surface area (Å²) in [4.78, 5) is 0. The van der Waals surface area contributed by atoms with Crippen molar-refractivity contribution >= 4 is 11.6 Å². The molecule has 1 aromatic heterocycles. The first-order chi connectivity index (χ1) is 10.0. The van der Waals surface area contributed by atoms with Gasteiger partial charge in [-0.25, -0.2) is 0 Å². The van der Waals surface area contributed by atoms with Crippen molar-refractivity contribution in [3.05, 3.63) is 51.8 Å². The zero-order valence-electron chi connectivity index (χ0n) is 13.3. The number of hydrogen-bond acceptors (Lipinski definition) is 2. The first-order valence-corrected chi connectivity index (χ1v) is 7.88. The Morgan fingerprint density at radius 3 is 2.48 bits per heavy atom. The lowest BCUT2D eigenvalue weighted by Gasteiger charge is -2.19. The van der Waals surface area contributed by atoms with Crippen LogP contribution in [0, 0.1) is 13.8 Å². The van der Waals surface area contributed by atoms with Crippen molar-refractivity contribution in [2.45, 2.75) is 46.2 Å². The highest BCUT2D eigenvalue weighted by atomic mass is 35.5. The molecule has 0 saturated carbocycles. The zero-order chi connectivity index (χ0) is 15.4. The molecule has 21 heavy (non-hydrogen) atoms. The van der Waals surface area contributed by atoms with Crippen LogP contribution in [0.3, 0.4) is 0 Å². The molecule has 0 aliphatic rings. The van der Waals surface area contributed by atoms with E-state index in [0.717, 1.165) is 30.1 Å². The third kappa shape index (κ3) is 3.86. The monoisotopic (exact) mass is 305 g/mol. The molecule has 1 unspecified atom stereocenters. The lowest BCUT2D eigenvalue weighted by molar-refractivity contribution is 0.497. The van der Waals surface area contributed by atoms with Gasteiger partial charge in [0, 0.05) is 6.54 Å². The minimum absolute atomic E-state index is 0.174. The van der Waals surface area contributed by atoms with E-state index < -0.39 is 0 Å². The molecular weight excluding hydrogens is 282 g/mol. The Morgan fingerprint density at radius 1 is 1.24 bits per heavy atom. The molecule has 0 aliphatic heterocycles. The predicted octanol–water partition coefficient (Wildman–Crippen LogP) is 4.07. The normalized spacial score (nSPS) is 12.6. The van der Waals surface area contributed by atoms with Crippen LogP contribution >= 0.6 is 11.6 Å². The van der Waals surface area contributed by atoms with E-state index >= 15 is 0 Å². The van der Waals surface area contributed by atoms with Crippen LogP contribution in [-0.2, 0) is 13.0 Å². The molecule has 1 aromatic carbocycles. The Labute approximate surface area is 132 Å². The first-order valence-electron chi connectivity index (χ1n) is 7.50. The molecule has 3 nitrogen and oxygen atoms in total. The molecule has 0 saturated heterocycles. The van der Waals surface area contributed by atoms with Crippen LogP contribution in [0.5, 0.6) is 0 Å². The van der Waals surface area contributed by atoms with Gasteiger partial charge in [-0.2, -0.15) is 5.10 Å². The smallest absolute Gasteiger partial charge is 0.0834 e. The van der Waals surface area contributed by atoms with Crippen molar-refractivity contribution in [1.29, 1.82) is 0 Å². The van der Waals surface area contributed by atoms with Crippen molar-refractivity contribution in [2.24, 2.45) is 0 Å². The Hall–Kier alpha value is -1.32. The van der Waals surface area contributed by atoms with Gasteiger partial charge in [-0.3, -0.25) is 4.68 Å². The van der Waals surface area contributed by atoms with E-state index in [-0.39, 0.29) is 6.04 Å². The van der Waals surface area contributed by atoms with Crippen molar-refractivity contribution in [3.8, 4) is 0 Å². The number of likely N-dealkylation sites (N-methyl/N-ethyl adjacent to an activating group) is 1. The van der Waals surface area contributed by atoms with E-state index in [2.05, 4.69) is 49.4 Å². The van der Waals surface area contributed by atoms with Crippen molar-refractivity contribution in [3.63, 3.8) is 0 Å². The van der Waals surface area contributed by atoms with Crippen LogP contribution in [0.25, 0.3) is 0 Å². The lowest BCUT2D eigenvalue weighted by Crippen LogP contribution is -2.23. The van der Waals surface area contributed by atoms with Gasteiger partial charge in [0.2, 0.25) is 0 Å². The molecule has 0 bridgehead atoms. The SMILES string of the molecule is CCCn1ncc(Cl)c1C(Cc1cc(C)cc(C)c1)NC. The van der Waals surface area contributed by atoms with Crippen LogP contribution in [-0.4, -0.2) is 16.8 Å². The Balaban J connectivity index is 2.29. The van der Waals surface area contributed by atoms with Crippen molar-refractivity contribution < 1.29 is 0 Å². The summed E-state index contributed by atoms with van der Waals surface area (Å²) in [6.45, 7) is 7.32. The van der Waals surface area contributed by atoms with Gasteiger partial charge in [-0.05, 0) is 39.3 Å². The predicted molar refractivity (Wildman–Crippen MR) is 88.9 cm³/mol. The van der Waals surface area contributed by atoms with Crippen LogP contribution in [0.4, 0.5) is 0 Å². The minimum atomic E-state index is 0.174. The maximum Gasteiger partial charge on any atom is 0.0834 e. The van der Waals surface area contributed by atoms with Crippen molar-refractivity contribution in [1.82, 2.24) is 15.1 Å². The van der Waals surface area contributed by atoms with E-state index in [0.29, 0.717) is 0 Å². The number of hydrogen-bond donors (Lipinski definition) is 1. The molecule has 1 N–H and O–H groups in total. The number of benzene rings is 1. The van der Waals surface area contributed by atoms with Gasteiger partial charge in [0.15, 0.2) is 0 Å². The Kier molecular flexibility index (Phi) is 5.43.